The minimum absolute atomic E-state index is 0.510. The molecule has 0 spiro atoms. The molecule has 0 amide bonds. The van der Waals surface area contributed by atoms with Crippen LogP contribution in [0.2, 0.25) is 5.15 Å². The van der Waals surface area contributed by atoms with Crippen LogP contribution in [0.3, 0.4) is 0 Å². The number of nitrogens with zero attached hydrogens (tertiary/aromatic N) is 2. The fourth-order valence-electron chi connectivity index (χ4n) is 2.36. The van der Waals surface area contributed by atoms with Crippen LogP contribution >= 0.6 is 22.9 Å². The van der Waals surface area contributed by atoms with Crippen LogP contribution in [0, 0.1) is 0 Å². The maximum absolute atomic E-state index is 6.37. The number of fused-ring (bicyclic) bond motifs is 1. The Kier molecular flexibility index (Phi) is 3.37. The molecule has 0 bridgehead atoms. The van der Waals surface area contributed by atoms with Crippen molar-refractivity contribution in [3.8, 4) is 21.8 Å². The molecule has 2 aromatic carbocycles. The molecular weight excluding hydrogens is 312 g/mol. The van der Waals surface area contributed by atoms with Crippen molar-refractivity contribution in [3.05, 3.63) is 71.9 Å². The van der Waals surface area contributed by atoms with Gasteiger partial charge >= 0.3 is 0 Å². The Morgan fingerprint density at radius 1 is 0.773 bits per heavy atom. The molecule has 2 nitrogen and oxygen atoms in total. The van der Waals surface area contributed by atoms with E-state index < -0.39 is 0 Å². The molecule has 4 heteroatoms. The molecule has 0 aliphatic rings. The third kappa shape index (κ3) is 2.39. The summed E-state index contributed by atoms with van der Waals surface area (Å²) in [7, 11) is 0. The average Bonchev–Trinajstić information content (AvgIpc) is 3.01. The summed E-state index contributed by atoms with van der Waals surface area (Å²) in [6, 6.07) is 22.2. The minimum Gasteiger partial charge on any atom is -0.227 e. The predicted molar refractivity (Wildman–Crippen MR) is 93.3 cm³/mol. The zero-order valence-electron chi connectivity index (χ0n) is 11.5. The first-order valence-corrected chi connectivity index (χ1v) is 8.08. The van der Waals surface area contributed by atoms with E-state index in [2.05, 4.69) is 28.2 Å². The Morgan fingerprint density at radius 2 is 1.41 bits per heavy atom. The molecule has 0 saturated heterocycles. The van der Waals surface area contributed by atoms with E-state index >= 15 is 0 Å². The van der Waals surface area contributed by atoms with Gasteiger partial charge < -0.3 is 0 Å². The van der Waals surface area contributed by atoms with Gasteiger partial charge in [-0.15, -0.1) is 11.3 Å². The van der Waals surface area contributed by atoms with Crippen molar-refractivity contribution >= 4 is 33.2 Å². The van der Waals surface area contributed by atoms with Crippen molar-refractivity contribution < 1.29 is 0 Å². The summed E-state index contributed by atoms with van der Waals surface area (Å²) in [5, 5.41) is 0.510. The standard InChI is InChI=1S/C18H11ClN2S/c19-17-16-14(11-15(22-16)12-7-3-1-4-8-12)20-18(21-17)13-9-5-2-6-10-13/h1-11H. The molecule has 4 aromatic rings. The maximum atomic E-state index is 6.37. The van der Waals surface area contributed by atoms with Gasteiger partial charge in [-0.3, -0.25) is 0 Å². The van der Waals surface area contributed by atoms with Crippen molar-refractivity contribution in [2.75, 3.05) is 0 Å². The number of rotatable bonds is 2. The van der Waals surface area contributed by atoms with Crippen molar-refractivity contribution in [1.82, 2.24) is 9.97 Å². The molecule has 2 heterocycles. The molecule has 0 fully saturated rings. The summed E-state index contributed by atoms with van der Waals surface area (Å²) in [4.78, 5) is 10.3. The minimum atomic E-state index is 0.510. The monoisotopic (exact) mass is 322 g/mol. The largest absolute Gasteiger partial charge is 0.227 e. The van der Waals surface area contributed by atoms with Gasteiger partial charge in [0, 0.05) is 10.4 Å². The third-order valence-corrected chi connectivity index (χ3v) is 4.99. The van der Waals surface area contributed by atoms with E-state index in [-0.39, 0.29) is 0 Å². The Bertz CT molecular complexity index is 933. The van der Waals surface area contributed by atoms with E-state index in [9.17, 15) is 0 Å². The molecule has 0 N–H and O–H groups in total. The van der Waals surface area contributed by atoms with Crippen LogP contribution in [0.4, 0.5) is 0 Å². The SMILES string of the molecule is Clc1nc(-c2ccccc2)nc2cc(-c3ccccc3)sc12. The van der Waals surface area contributed by atoms with Gasteiger partial charge in [0.05, 0.1) is 10.2 Å². The number of benzene rings is 2. The number of thiophene rings is 1. The quantitative estimate of drug-likeness (QED) is 0.444. The summed E-state index contributed by atoms with van der Waals surface area (Å²) in [6.45, 7) is 0. The lowest BCUT2D eigenvalue weighted by molar-refractivity contribution is 1.23. The number of aromatic nitrogens is 2. The Balaban J connectivity index is 1.88. The molecule has 0 aliphatic heterocycles. The first-order valence-electron chi connectivity index (χ1n) is 6.89. The van der Waals surface area contributed by atoms with Crippen molar-refractivity contribution in [3.63, 3.8) is 0 Å². The number of hydrogen-bond acceptors (Lipinski definition) is 3. The molecule has 0 radical (unpaired) electrons. The van der Waals surface area contributed by atoms with Gasteiger partial charge in [-0.05, 0) is 11.6 Å². The van der Waals surface area contributed by atoms with Crippen LogP contribution in [0.5, 0.6) is 0 Å². The topological polar surface area (TPSA) is 25.8 Å². The third-order valence-electron chi connectivity index (χ3n) is 3.42. The van der Waals surface area contributed by atoms with E-state index in [0.717, 1.165) is 20.7 Å². The molecule has 2 aromatic heterocycles. The van der Waals surface area contributed by atoms with E-state index in [1.807, 2.05) is 48.5 Å². The van der Waals surface area contributed by atoms with Crippen molar-refractivity contribution in [1.29, 1.82) is 0 Å². The fourth-order valence-corrected chi connectivity index (χ4v) is 3.63. The van der Waals surface area contributed by atoms with Gasteiger partial charge in [0.15, 0.2) is 11.0 Å². The summed E-state index contributed by atoms with van der Waals surface area (Å²) in [6.07, 6.45) is 0. The second-order valence-electron chi connectivity index (χ2n) is 4.90. The molecular formula is C18H11ClN2S. The second kappa shape index (κ2) is 5.52. The van der Waals surface area contributed by atoms with E-state index in [1.54, 1.807) is 11.3 Å². The van der Waals surface area contributed by atoms with Crippen molar-refractivity contribution in [2.24, 2.45) is 0 Å². The number of hydrogen-bond donors (Lipinski definition) is 0. The first-order chi connectivity index (χ1) is 10.8. The molecule has 0 saturated carbocycles. The highest BCUT2D eigenvalue weighted by atomic mass is 35.5. The smallest absolute Gasteiger partial charge is 0.161 e. The summed E-state index contributed by atoms with van der Waals surface area (Å²) in [5.41, 5.74) is 3.03. The lowest BCUT2D eigenvalue weighted by atomic mass is 10.2. The van der Waals surface area contributed by atoms with Crippen LogP contribution < -0.4 is 0 Å². The van der Waals surface area contributed by atoms with Gasteiger partial charge in [-0.2, -0.15) is 0 Å². The van der Waals surface area contributed by atoms with Gasteiger partial charge in [-0.1, -0.05) is 72.3 Å². The first kappa shape index (κ1) is 13.4. The van der Waals surface area contributed by atoms with Gasteiger partial charge in [0.2, 0.25) is 0 Å². The van der Waals surface area contributed by atoms with Gasteiger partial charge in [0.1, 0.15) is 0 Å². The van der Waals surface area contributed by atoms with Crippen LogP contribution in [0.1, 0.15) is 0 Å². The highest BCUT2D eigenvalue weighted by Crippen LogP contribution is 2.36. The zero-order chi connectivity index (χ0) is 14.9. The van der Waals surface area contributed by atoms with E-state index in [4.69, 9.17) is 11.6 Å². The van der Waals surface area contributed by atoms with E-state index in [0.29, 0.717) is 11.0 Å². The average molecular weight is 323 g/mol. The Morgan fingerprint density at radius 3 is 2.09 bits per heavy atom. The van der Waals surface area contributed by atoms with Crippen LogP contribution in [-0.4, -0.2) is 9.97 Å². The summed E-state index contributed by atoms with van der Waals surface area (Å²) < 4.78 is 0.931. The maximum Gasteiger partial charge on any atom is 0.161 e. The van der Waals surface area contributed by atoms with Crippen molar-refractivity contribution in [2.45, 2.75) is 0 Å². The lowest BCUT2D eigenvalue weighted by Gasteiger charge is -2.00. The molecule has 106 valence electrons. The molecule has 0 aliphatic carbocycles. The summed E-state index contributed by atoms with van der Waals surface area (Å²) in [5.74, 6) is 0.663. The molecule has 0 atom stereocenters. The summed E-state index contributed by atoms with van der Waals surface area (Å²) >= 11 is 8.00. The molecule has 4 rings (SSSR count). The fraction of sp³-hybridized carbons (Fsp3) is 0. The molecule has 0 unspecified atom stereocenters. The van der Waals surface area contributed by atoms with Gasteiger partial charge in [0.25, 0.3) is 0 Å². The molecule has 22 heavy (non-hydrogen) atoms. The van der Waals surface area contributed by atoms with Crippen LogP contribution in [0.15, 0.2) is 66.7 Å². The van der Waals surface area contributed by atoms with E-state index in [1.165, 1.54) is 5.56 Å². The lowest BCUT2D eigenvalue weighted by Crippen LogP contribution is -1.89. The zero-order valence-corrected chi connectivity index (χ0v) is 13.1. The second-order valence-corrected chi connectivity index (χ2v) is 6.31. The van der Waals surface area contributed by atoms with Crippen LogP contribution in [0.25, 0.3) is 32.0 Å². The predicted octanol–water partition coefficient (Wildman–Crippen LogP) is 5.68. The Labute approximate surface area is 137 Å². The highest BCUT2D eigenvalue weighted by molar-refractivity contribution is 7.22. The van der Waals surface area contributed by atoms with Gasteiger partial charge in [-0.25, -0.2) is 9.97 Å². The van der Waals surface area contributed by atoms with Crippen LogP contribution in [-0.2, 0) is 0 Å². The highest BCUT2D eigenvalue weighted by Gasteiger charge is 2.12. The Hall–Kier alpha value is -2.23. The number of halogens is 1. The normalized spacial score (nSPS) is 11.0.